The molecule has 0 radical (unpaired) electrons. The molecule has 6 heteroatoms. The summed E-state index contributed by atoms with van der Waals surface area (Å²) in [6, 6.07) is 6.42. The van der Waals surface area contributed by atoms with Crippen molar-refractivity contribution >= 4 is 29.4 Å². The minimum atomic E-state index is -0.821. The Kier molecular flexibility index (Phi) is 3.62. The molecule has 0 aromatic heterocycles. The Morgan fingerprint density at radius 3 is 2.11 bits per heavy atom. The van der Waals surface area contributed by atoms with Crippen LogP contribution in [0.5, 0.6) is 0 Å². The molecule has 0 spiro atoms. The highest BCUT2D eigenvalue weighted by atomic mass is 35.5. The SMILES string of the molecule is O=C1NC(=O)C(CCc2ccc(Cl)cc2)C(=O)N1. The lowest BCUT2D eigenvalue weighted by atomic mass is 9.97. The van der Waals surface area contributed by atoms with E-state index in [1.165, 1.54) is 0 Å². The molecule has 2 N–H and O–H groups in total. The van der Waals surface area contributed by atoms with E-state index in [0.717, 1.165) is 5.56 Å². The van der Waals surface area contributed by atoms with E-state index in [0.29, 0.717) is 17.9 Å². The molecule has 1 heterocycles. The van der Waals surface area contributed by atoms with Crippen LogP contribution >= 0.6 is 11.6 Å². The van der Waals surface area contributed by atoms with Crippen molar-refractivity contribution in [3.8, 4) is 0 Å². The zero-order chi connectivity index (χ0) is 13.1. The van der Waals surface area contributed by atoms with Crippen LogP contribution in [-0.4, -0.2) is 17.8 Å². The fourth-order valence-electron chi connectivity index (χ4n) is 1.77. The number of rotatable bonds is 3. The van der Waals surface area contributed by atoms with Crippen LogP contribution in [0.3, 0.4) is 0 Å². The molecule has 0 aliphatic carbocycles. The maximum atomic E-state index is 11.5. The van der Waals surface area contributed by atoms with Crippen molar-refractivity contribution in [1.82, 2.24) is 10.6 Å². The summed E-state index contributed by atoms with van der Waals surface area (Å²) in [6.07, 6.45) is 0.920. The third kappa shape index (κ3) is 2.87. The first kappa shape index (κ1) is 12.6. The summed E-state index contributed by atoms with van der Waals surface area (Å²) in [7, 11) is 0. The molecule has 1 aliphatic rings. The number of imide groups is 2. The van der Waals surface area contributed by atoms with E-state index in [9.17, 15) is 14.4 Å². The summed E-state index contributed by atoms with van der Waals surface area (Å²) in [5, 5.41) is 4.79. The first-order valence-electron chi connectivity index (χ1n) is 5.46. The lowest BCUT2D eigenvalue weighted by Gasteiger charge is -2.20. The van der Waals surface area contributed by atoms with Crippen molar-refractivity contribution in [2.24, 2.45) is 5.92 Å². The number of benzene rings is 1. The Bertz CT molecular complexity index is 479. The van der Waals surface area contributed by atoms with Crippen molar-refractivity contribution in [3.05, 3.63) is 34.9 Å². The van der Waals surface area contributed by atoms with Crippen LogP contribution in [0.1, 0.15) is 12.0 Å². The third-order valence-corrected chi connectivity index (χ3v) is 2.99. The zero-order valence-electron chi connectivity index (χ0n) is 9.40. The second-order valence-electron chi connectivity index (χ2n) is 4.03. The van der Waals surface area contributed by atoms with Gasteiger partial charge in [0.25, 0.3) is 0 Å². The van der Waals surface area contributed by atoms with Gasteiger partial charge in [0.05, 0.1) is 0 Å². The molecule has 1 aromatic carbocycles. The van der Waals surface area contributed by atoms with Gasteiger partial charge in [0.15, 0.2) is 0 Å². The number of nitrogens with one attached hydrogen (secondary N) is 2. The van der Waals surface area contributed by atoms with Crippen molar-refractivity contribution < 1.29 is 14.4 Å². The van der Waals surface area contributed by atoms with E-state index in [1.807, 2.05) is 12.1 Å². The summed E-state index contributed by atoms with van der Waals surface area (Å²) < 4.78 is 0. The largest absolute Gasteiger partial charge is 0.328 e. The monoisotopic (exact) mass is 266 g/mol. The lowest BCUT2D eigenvalue weighted by Crippen LogP contribution is -2.55. The standard InChI is InChI=1S/C12H11ClN2O3/c13-8-4-1-7(2-5-8)3-6-9-10(16)14-12(18)15-11(9)17/h1-2,4-5,9H,3,6H2,(H2,14,15,16,17,18). The first-order chi connectivity index (χ1) is 8.56. The van der Waals surface area contributed by atoms with Gasteiger partial charge in [-0.05, 0) is 30.5 Å². The van der Waals surface area contributed by atoms with Gasteiger partial charge in [0, 0.05) is 5.02 Å². The normalized spacial score (nSPS) is 16.4. The van der Waals surface area contributed by atoms with Gasteiger partial charge < -0.3 is 0 Å². The quantitative estimate of drug-likeness (QED) is 0.809. The van der Waals surface area contributed by atoms with Gasteiger partial charge in [-0.1, -0.05) is 23.7 Å². The van der Waals surface area contributed by atoms with Crippen LogP contribution in [0, 0.1) is 5.92 Å². The number of hydrogen-bond acceptors (Lipinski definition) is 3. The van der Waals surface area contributed by atoms with Crippen LogP contribution in [-0.2, 0) is 16.0 Å². The van der Waals surface area contributed by atoms with Crippen LogP contribution in [0.25, 0.3) is 0 Å². The van der Waals surface area contributed by atoms with Gasteiger partial charge in [0.2, 0.25) is 11.8 Å². The number of barbiturate groups is 1. The Labute approximate surface area is 109 Å². The van der Waals surface area contributed by atoms with Crippen molar-refractivity contribution in [2.45, 2.75) is 12.8 Å². The summed E-state index contributed by atoms with van der Waals surface area (Å²) >= 11 is 5.76. The Balaban J connectivity index is 1.97. The van der Waals surface area contributed by atoms with Gasteiger partial charge >= 0.3 is 6.03 Å². The Morgan fingerprint density at radius 2 is 1.56 bits per heavy atom. The van der Waals surface area contributed by atoms with Gasteiger partial charge in [-0.3, -0.25) is 20.2 Å². The summed E-state index contributed by atoms with van der Waals surface area (Å²) in [5.74, 6) is -1.91. The smallest absolute Gasteiger partial charge is 0.277 e. The molecule has 1 saturated heterocycles. The second kappa shape index (κ2) is 5.18. The number of urea groups is 1. The maximum absolute atomic E-state index is 11.5. The number of carbonyl (C=O) groups is 3. The van der Waals surface area contributed by atoms with Crippen LogP contribution in [0.2, 0.25) is 5.02 Å². The van der Waals surface area contributed by atoms with Crippen LogP contribution < -0.4 is 10.6 Å². The minimum absolute atomic E-state index is 0.354. The maximum Gasteiger partial charge on any atom is 0.328 e. The first-order valence-corrected chi connectivity index (χ1v) is 5.84. The molecule has 1 aromatic rings. The molecular formula is C12H11ClN2O3. The molecule has 18 heavy (non-hydrogen) atoms. The van der Waals surface area contributed by atoms with Gasteiger partial charge in [-0.2, -0.15) is 0 Å². The molecule has 0 saturated carbocycles. The molecular weight excluding hydrogens is 256 g/mol. The second-order valence-corrected chi connectivity index (χ2v) is 4.46. The van der Waals surface area contributed by atoms with E-state index in [-0.39, 0.29) is 0 Å². The van der Waals surface area contributed by atoms with Crippen molar-refractivity contribution in [3.63, 3.8) is 0 Å². The molecule has 1 aliphatic heterocycles. The van der Waals surface area contributed by atoms with E-state index in [4.69, 9.17) is 11.6 Å². The number of hydrogen-bond donors (Lipinski definition) is 2. The lowest BCUT2D eigenvalue weighted by molar-refractivity contribution is -0.136. The average molecular weight is 267 g/mol. The predicted octanol–water partition coefficient (Wildman–Crippen LogP) is 1.25. The van der Waals surface area contributed by atoms with Crippen molar-refractivity contribution in [2.75, 3.05) is 0 Å². The zero-order valence-corrected chi connectivity index (χ0v) is 10.2. The van der Waals surface area contributed by atoms with Crippen molar-refractivity contribution in [1.29, 1.82) is 0 Å². The van der Waals surface area contributed by atoms with Gasteiger partial charge in [0.1, 0.15) is 5.92 Å². The number of carbonyl (C=O) groups excluding carboxylic acids is 3. The number of halogens is 1. The van der Waals surface area contributed by atoms with Crippen LogP contribution in [0.4, 0.5) is 4.79 Å². The molecule has 0 atom stereocenters. The van der Waals surface area contributed by atoms with Crippen LogP contribution in [0.15, 0.2) is 24.3 Å². The molecule has 2 rings (SSSR count). The topological polar surface area (TPSA) is 75.3 Å². The highest BCUT2D eigenvalue weighted by Gasteiger charge is 2.33. The van der Waals surface area contributed by atoms with Gasteiger partial charge in [-0.15, -0.1) is 0 Å². The summed E-state index contributed by atoms with van der Waals surface area (Å²) in [5.41, 5.74) is 0.983. The highest BCUT2D eigenvalue weighted by Crippen LogP contribution is 2.15. The van der Waals surface area contributed by atoms with E-state index < -0.39 is 23.8 Å². The van der Waals surface area contributed by atoms with E-state index >= 15 is 0 Å². The Hall–Kier alpha value is -1.88. The van der Waals surface area contributed by atoms with E-state index in [1.54, 1.807) is 12.1 Å². The molecule has 1 fully saturated rings. The molecule has 5 nitrogen and oxygen atoms in total. The fourth-order valence-corrected chi connectivity index (χ4v) is 1.90. The summed E-state index contributed by atoms with van der Waals surface area (Å²) in [4.78, 5) is 33.8. The third-order valence-electron chi connectivity index (χ3n) is 2.74. The Morgan fingerprint density at radius 1 is 1.00 bits per heavy atom. The molecule has 94 valence electrons. The molecule has 4 amide bonds. The number of aryl methyl sites for hydroxylation is 1. The molecule has 0 bridgehead atoms. The van der Waals surface area contributed by atoms with E-state index in [2.05, 4.69) is 10.6 Å². The highest BCUT2D eigenvalue weighted by molar-refractivity contribution is 6.30. The predicted molar refractivity (Wildman–Crippen MR) is 64.9 cm³/mol. The number of amides is 4. The van der Waals surface area contributed by atoms with Gasteiger partial charge in [-0.25, -0.2) is 4.79 Å². The molecule has 0 unspecified atom stereocenters. The fraction of sp³-hybridized carbons (Fsp3) is 0.250. The summed E-state index contributed by atoms with van der Waals surface area (Å²) in [6.45, 7) is 0. The minimum Gasteiger partial charge on any atom is -0.277 e. The average Bonchev–Trinajstić information content (AvgIpc) is 2.30.